The number of ether oxygens (including phenoxy) is 1. The Morgan fingerprint density at radius 3 is 2.67 bits per heavy atom. The summed E-state index contributed by atoms with van der Waals surface area (Å²) in [5, 5.41) is 0.915. The van der Waals surface area contributed by atoms with E-state index in [9.17, 15) is 8.42 Å². The summed E-state index contributed by atoms with van der Waals surface area (Å²) in [6, 6.07) is 8.14. The van der Waals surface area contributed by atoms with Crippen LogP contribution in [-0.2, 0) is 10.0 Å². The summed E-state index contributed by atoms with van der Waals surface area (Å²) in [7, 11) is -3.18. The number of nitrogens with zero attached hydrogens (tertiary/aromatic N) is 3. The Morgan fingerprint density at radius 1 is 1.20 bits per heavy atom. The molecule has 1 aromatic carbocycles. The molecule has 0 atom stereocenters. The van der Waals surface area contributed by atoms with Crippen molar-refractivity contribution < 1.29 is 13.2 Å². The molecule has 0 aliphatic carbocycles. The van der Waals surface area contributed by atoms with Crippen molar-refractivity contribution in [2.24, 2.45) is 0 Å². The lowest BCUT2D eigenvalue weighted by atomic mass is 10.0. The molecule has 1 aliphatic heterocycles. The summed E-state index contributed by atoms with van der Waals surface area (Å²) in [5.41, 5.74) is 5.65. The van der Waals surface area contributed by atoms with E-state index in [1.165, 1.54) is 10.6 Å². The van der Waals surface area contributed by atoms with Crippen LogP contribution in [0.25, 0.3) is 27.9 Å². The van der Waals surface area contributed by atoms with Gasteiger partial charge in [0.05, 0.1) is 18.1 Å². The Bertz CT molecular complexity index is 1230. The lowest BCUT2D eigenvalue weighted by molar-refractivity contribution is 0.243. The first-order valence-corrected chi connectivity index (χ1v) is 11.8. The molecule has 0 saturated carbocycles. The maximum Gasteiger partial charge on any atom is 0.211 e. The number of hydrogen-bond acceptors (Lipinski definition) is 5. The van der Waals surface area contributed by atoms with Crippen LogP contribution in [0.4, 0.5) is 0 Å². The van der Waals surface area contributed by atoms with Crippen molar-refractivity contribution in [3.05, 3.63) is 47.9 Å². The minimum atomic E-state index is -3.18. The molecule has 7 nitrogen and oxygen atoms in total. The maximum absolute atomic E-state index is 11.8. The van der Waals surface area contributed by atoms with Gasteiger partial charge in [-0.25, -0.2) is 18.4 Å². The highest BCUT2D eigenvalue weighted by atomic mass is 32.2. The quantitative estimate of drug-likeness (QED) is 0.671. The second-order valence-electron chi connectivity index (χ2n) is 7.93. The van der Waals surface area contributed by atoms with Crippen LogP contribution in [0.2, 0.25) is 0 Å². The van der Waals surface area contributed by atoms with Crippen LogP contribution < -0.4 is 4.74 Å². The first kappa shape index (κ1) is 20.6. The standard InChI is InChI=1S/C22H26N4O3S/c1-14(2)29-20-6-5-15(3)11-17(20)21-18-12-19(25-22(18)24-13-23-21)16-7-9-26(10-8-16)30(4,27)28/h5-7,11-14H,8-10H2,1-4H3,(H,23,24,25). The minimum absolute atomic E-state index is 0.0516. The number of benzene rings is 1. The molecule has 2 aromatic heterocycles. The van der Waals surface area contributed by atoms with Crippen molar-refractivity contribution in [3.8, 4) is 17.0 Å². The number of H-pyrrole nitrogens is 1. The molecular weight excluding hydrogens is 400 g/mol. The number of hydrogen-bond donors (Lipinski definition) is 1. The van der Waals surface area contributed by atoms with Gasteiger partial charge in [0.1, 0.15) is 17.7 Å². The Labute approximate surface area is 176 Å². The van der Waals surface area contributed by atoms with Gasteiger partial charge >= 0.3 is 0 Å². The van der Waals surface area contributed by atoms with Crippen LogP contribution in [0, 0.1) is 6.92 Å². The molecule has 0 fully saturated rings. The van der Waals surface area contributed by atoms with E-state index < -0.39 is 10.0 Å². The topological polar surface area (TPSA) is 88.2 Å². The van der Waals surface area contributed by atoms with Crippen molar-refractivity contribution in [3.63, 3.8) is 0 Å². The lowest BCUT2D eigenvalue weighted by Gasteiger charge is -2.23. The highest BCUT2D eigenvalue weighted by Crippen LogP contribution is 2.36. The molecule has 4 rings (SSSR count). The van der Waals surface area contributed by atoms with Crippen LogP contribution in [0.1, 0.15) is 31.5 Å². The molecule has 3 heterocycles. The lowest BCUT2D eigenvalue weighted by Crippen LogP contribution is -2.33. The van der Waals surface area contributed by atoms with Gasteiger partial charge in [0.15, 0.2) is 0 Å². The second kappa shape index (κ2) is 7.85. The number of aryl methyl sites for hydroxylation is 1. The van der Waals surface area contributed by atoms with E-state index in [0.29, 0.717) is 19.5 Å². The molecule has 158 valence electrons. The highest BCUT2D eigenvalue weighted by Gasteiger charge is 2.22. The largest absolute Gasteiger partial charge is 0.490 e. The van der Waals surface area contributed by atoms with Crippen molar-refractivity contribution in [1.82, 2.24) is 19.3 Å². The summed E-state index contributed by atoms with van der Waals surface area (Å²) in [6.07, 6.45) is 5.46. The fraction of sp³-hybridized carbons (Fsp3) is 0.364. The highest BCUT2D eigenvalue weighted by molar-refractivity contribution is 7.88. The zero-order valence-corrected chi connectivity index (χ0v) is 18.5. The number of aromatic nitrogens is 3. The molecule has 0 spiro atoms. The molecule has 30 heavy (non-hydrogen) atoms. The van der Waals surface area contributed by atoms with Gasteiger partial charge in [0, 0.05) is 29.7 Å². The molecule has 8 heteroatoms. The third kappa shape index (κ3) is 4.11. The predicted molar refractivity (Wildman–Crippen MR) is 119 cm³/mol. The fourth-order valence-corrected chi connectivity index (χ4v) is 4.48. The molecule has 1 aliphatic rings. The van der Waals surface area contributed by atoms with Crippen LogP contribution in [0.15, 0.2) is 36.7 Å². The molecule has 0 amide bonds. The first-order chi connectivity index (χ1) is 14.2. The average molecular weight is 427 g/mol. The van der Waals surface area contributed by atoms with Crippen molar-refractivity contribution in [2.45, 2.75) is 33.3 Å². The van der Waals surface area contributed by atoms with Crippen LogP contribution >= 0.6 is 0 Å². The van der Waals surface area contributed by atoms with Gasteiger partial charge in [0.25, 0.3) is 0 Å². The van der Waals surface area contributed by atoms with Gasteiger partial charge in [-0.15, -0.1) is 0 Å². The Hall–Kier alpha value is -2.71. The van der Waals surface area contributed by atoms with Crippen LogP contribution in [-0.4, -0.2) is 53.1 Å². The normalized spacial score (nSPS) is 15.6. The van der Waals surface area contributed by atoms with Crippen LogP contribution in [0.3, 0.4) is 0 Å². The molecule has 0 saturated heterocycles. The van der Waals surface area contributed by atoms with E-state index in [1.54, 1.807) is 6.33 Å². The summed E-state index contributed by atoms with van der Waals surface area (Å²) in [6.45, 7) is 6.91. The third-order valence-electron chi connectivity index (χ3n) is 5.17. The molecule has 1 N–H and O–H groups in total. The zero-order valence-electron chi connectivity index (χ0n) is 17.6. The number of fused-ring (bicyclic) bond motifs is 1. The SMILES string of the molecule is Cc1ccc(OC(C)C)c(-c2ncnc3[nH]c(C4=CCN(S(C)(=O)=O)CC4)cc23)c1. The van der Waals surface area contributed by atoms with Gasteiger partial charge in [-0.2, -0.15) is 4.31 Å². The van der Waals surface area contributed by atoms with E-state index in [4.69, 9.17) is 4.74 Å². The minimum Gasteiger partial charge on any atom is -0.490 e. The Morgan fingerprint density at radius 2 is 2.00 bits per heavy atom. The van der Waals surface area contributed by atoms with Crippen LogP contribution in [0.5, 0.6) is 5.75 Å². The van der Waals surface area contributed by atoms with Crippen molar-refractivity contribution in [2.75, 3.05) is 19.3 Å². The maximum atomic E-state index is 11.8. The van der Waals surface area contributed by atoms with E-state index in [0.717, 1.165) is 44.9 Å². The molecule has 0 radical (unpaired) electrons. The zero-order chi connectivity index (χ0) is 21.5. The van der Waals surface area contributed by atoms with Gasteiger partial charge in [-0.05, 0) is 51.0 Å². The monoisotopic (exact) mass is 426 g/mol. The third-order valence-corrected chi connectivity index (χ3v) is 6.44. The summed E-state index contributed by atoms with van der Waals surface area (Å²) < 4.78 is 31.0. The van der Waals surface area contributed by atoms with E-state index in [2.05, 4.69) is 21.0 Å². The van der Waals surface area contributed by atoms with Crippen molar-refractivity contribution in [1.29, 1.82) is 0 Å². The Kier molecular flexibility index (Phi) is 5.38. The van der Waals surface area contributed by atoms with Crippen molar-refractivity contribution >= 4 is 26.6 Å². The summed E-state index contributed by atoms with van der Waals surface area (Å²) in [5.74, 6) is 0.791. The molecule has 0 unspecified atom stereocenters. The Balaban J connectivity index is 1.76. The van der Waals surface area contributed by atoms with E-state index in [1.807, 2.05) is 45.0 Å². The molecular formula is C22H26N4O3S. The predicted octanol–water partition coefficient (Wildman–Crippen LogP) is 3.77. The van der Waals surface area contributed by atoms with E-state index >= 15 is 0 Å². The second-order valence-corrected chi connectivity index (χ2v) is 9.92. The fourth-order valence-electron chi connectivity index (χ4n) is 3.71. The number of rotatable bonds is 5. The number of sulfonamides is 1. The number of nitrogens with one attached hydrogen (secondary N) is 1. The summed E-state index contributed by atoms with van der Waals surface area (Å²) in [4.78, 5) is 12.4. The van der Waals surface area contributed by atoms with Gasteiger partial charge in [-0.1, -0.05) is 17.7 Å². The smallest absolute Gasteiger partial charge is 0.211 e. The van der Waals surface area contributed by atoms with Gasteiger partial charge in [-0.3, -0.25) is 0 Å². The molecule has 3 aromatic rings. The first-order valence-electron chi connectivity index (χ1n) is 9.98. The molecule has 0 bridgehead atoms. The average Bonchev–Trinajstić information content (AvgIpc) is 3.13. The van der Waals surface area contributed by atoms with E-state index in [-0.39, 0.29) is 6.10 Å². The van der Waals surface area contributed by atoms with Gasteiger partial charge in [0.2, 0.25) is 10.0 Å². The summed E-state index contributed by atoms with van der Waals surface area (Å²) >= 11 is 0. The number of aromatic amines is 1. The van der Waals surface area contributed by atoms with Gasteiger partial charge < -0.3 is 9.72 Å².